The highest BCUT2D eigenvalue weighted by molar-refractivity contribution is 9.10. The molecule has 3 aromatic rings. The monoisotopic (exact) mass is 501 g/mol. The molecule has 1 aliphatic carbocycles. The Morgan fingerprint density at radius 1 is 1.35 bits per heavy atom. The van der Waals surface area contributed by atoms with Crippen molar-refractivity contribution < 1.29 is 4.79 Å². The molecule has 6 nitrogen and oxygen atoms in total. The molecule has 1 saturated heterocycles. The molecule has 1 unspecified atom stereocenters. The summed E-state index contributed by atoms with van der Waals surface area (Å²) < 4.78 is 2.64. The second-order valence-electron chi connectivity index (χ2n) is 8.73. The van der Waals surface area contributed by atoms with Crippen LogP contribution in [0.4, 0.5) is 5.82 Å². The van der Waals surface area contributed by atoms with Crippen molar-refractivity contribution in [1.29, 1.82) is 0 Å². The van der Waals surface area contributed by atoms with E-state index in [0.717, 1.165) is 66.1 Å². The number of piperidine rings is 1. The van der Waals surface area contributed by atoms with Gasteiger partial charge in [-0.25, -0.2) is 4.98 Å². The second kappa shape index (κ2) is 8.43. The molecule has 0 spiro atoms. The molecule has 1 aliphatic heterocycles. The highest BCUT2D eigenvalue weighted by Crippen LogP contribution is 2.40. The fourth-order valence-electron chi connectivity index (χ4n) is 4.45. The Labute approximate surface area is 195 Å². The predicted molar refractivity (Wildman–Crippen MR) is 126 cm³/mol. The molecular weight excluding hydrogens is 478 g/mol. The molecule has 0 bridgehead atoms. The highest BCUT2D eigenvalue weighted by Gasteiger charge is 2.42. The van der Waals surface area contributed by atoms with Crippen LogP contribution in [0.15, 0.2) is 41.0 Å². The van der Waals surface area contributed by atoms with Crippen LogP contribution in [0.25, 0.3) is 16.9 Å². The Morgan fingerprint density at radius 3 is 2.94 bits per heavy atom. The van der Waals surface area contributed by atoms with Gasteiger partial charge in [-0.15, -0.1) is 0 Å². The van der Waals surface area contributed by atoms with Crippen molar-refractivity contribution in [2.45, 2.75) is 26.2 Å². The normalized spacial score (nSPS) is 23.2. The van der Waals surface area contributed by atoms with Crippen molar-refractivity contribution in [3.05, 3.63) is 46.0 Å². The minimum Gasteiger partial charge on any atom is -0.370 e. The maximum absolute atomic E-state index is 12.7. The van der Waals surface area contributed by atoms with Crippen LogP contribution < -0.4 is 5.32 Å². The molecule has 2 aliphatic rings. The topological polar surface area (TPSA) is 62.5 Å². The first-order valence-electron chi connectivity index (χ1n) is 10.8. The Kier molecular flexibility index (Phi) is 5.65. The van der Waals surface area contributed by atoms with Crippen LogP contribution in [-0.4, -0.2) is 45.0 Å². The zero-order chi connectivity index (χ0) is 21.5. The van der Waals surface area contributed by atoms with E-state index in [0.29, 0.717) is 22.8 Å². The number of hydrogen-bond donors (Lipinski definition) is 1. The van der Waals surface area contributed by atoms with Crippen LogP contribution in [-0.2, 0) is 4.79 Å². The number of likely N-dealkylation sites (tertiary alicyclic amines) is 1. The van der Waals surface area contributed by atoms with Crippen LogP contribution >= 0.6 is 27.5 Å². The van der Waals surface area contributed by atoms with Gasteiger partial charge in [-0.1, -0.05) is 36.7 Å². The molecule has 3 atom stereocenters. The molecule has 2 aromatic heterocycles. The van der Waals surface area contributed by atoms with Gasteiger partial charge in [0.15, 0.2) is 5.65 Å². The molecule has 1 aromatic carbocycles. The van der Waals surface area contributed by atoms with E-state index in [2.05, 4.69) is 38.2 Å². The minimum atomic E-state index is 0.256. The summed E-state index contributed by atoms with van der Waals surface area (Å²) >= 11 is 9.98. The number of halogens is 2. The Bertz CT molecular complexity index is 1130. The lowest BCUT2D eigenvalue weighted by Crippen LogP contribution is -2.42. The first-order valence-corrected chi connectivity index (χ1v) is 12.0. The first-order chi connectivity index (χ1) is 15.0. The number of nitrogens with zero attached hydrogens (tertiary/aromatic N) is 4. The number of aromatic nitrogens is 3. The summed E-state index contributed by atoms with van der Waals surface area (Å²) in [6, 6.07) is 9.70. The van der Waals surface area contributed by atoms with Gasteiger partial charge in [0.05, 0.1) is 16.4 Å². The Hall–Kier alpha value is -2.12. The summed E-state index contributed by atoms with van der Waals surface area (Å²) in [6.07, 6.45) is 4.97. The summed E-state index contributed by atoms with van der Waals surface area (Å²) in [5.74, 6) is 2.44. The lowest BCUT2D eigenvalue weighted by Gasteiger charge is -2.33. The lowest BCUT2D eigenvalue weighted by atomic mass is 9.97. The molecule has 2 fully saturated rings. The molecular formula is C23H25BrClN5O. The van der Waals surface area contributed by atoms with E-state index in [1.54, 1.807) is 6.20 Å². The number of fused-ring (bicyclic) bond motifs is 1. The zero-order valence-electron chi connectivity index (χ0n) is 17.4. The fraction of sp³-hybridized carbons (Fsp3) is 0.435. The standard InChI is InChI=1S/C23H25BrClN5O/c1-14-9-17(14)23(31)29-8-4-5-15(13-29)11-26-21-10-20(16-6-2-3-7-19(16)25)28-22-18(24)12-27-30(21)22/h2-3,6-7,10,12,14-15,17,26H,4-5,8-9,11,13H2,1H3/t14-,15?,17-/m1/s1. The van der Waals surface area contributed by atoms with Gasteiger partial charge in [0.2, 0.25) is 5.91 Å². The molecule has 8 heteroatoms. The van der Waals surface area contributed by atoms with Crippen LogP contribution in [0.1, 0.15) is 26.2 Å². The third-order valence-electron chi connectivity index (χ3n) is 6.41. The molecule has 31 heavy (non-hydrogen) atoms. The third-order valence-corrected chi connectivity index (χ3v) is 7.30. The van der Waals surface area contributed by atoms with Gasteiger partial charge < -0.3 is 10.2 Å². The number of nitrogens with one attached hydrogen (secondary N) is 1. The van der Waals surface area contributed by atoms with E-state index >= 15 is 0 Å². The summed E-state index contributed by atoms with van der Waals surface area (Å²) in [6.45, 7) is 4.66. The van der Waals surface area contributed by atoms with Gasteiger partial charge in [-0.2, -0.15) is 9.61 Å². The van der Waals surface area contributed by atoms with E-state index in [1.165, 1.54) is 0 Å². The van der Waals surface area contributed by atoms with Gasteiger partial charge >= 0.3 is 0 Å². The van der Waals surface area contributed by atoms with Gasteiger partial charge in [0, 0.05) is 42.2 Å². The molecule has 1 amide bonds. The van der Waals surface area contributed by atoms with Crippen LogP contribution in [0, 0.1) is 17.8 Å². The lowest BCUT2D eigenvalue weighted by molar-refractivity contribution is -0.134. The zero-order valence-corrected chi connectivity index (χ0v) is 19.7. The Morgan fingerprint density at radius 2 is 2.16 bits per heavy atom. The van der Waals surface area contributed by atoms with E-state index in [-0.39, 0.29) is 5.92 Å². The molecule has 5 rings (SSSR count). The quantitative estimate of drug-likeness (QED) is 0.526. The largest absolute Gasteiger partial charge is 0.370 e. The average Bonchev–Trinajstić information content (AvgIpc) is 3.40. The van der Waals surface area contributed by atoms with E-state index in [9.17, 15) is 4.79 Å². The van der Waals surface area contributed by atoms with Gasteiger partial charge in [-0.05, 0) is 53.1 Å². The maximum Gasteiger partial charge on any atom is 0.225 e. The molecule has 1 saturated carbocycles. The highest BCUT2D eigenvalue weighted by atomic mass is 79.9. The smallest absolute Gasteiger partial charge is 0.225 e. The second-order valence-corrected chi connectivity index (χ2v) is 9.99. The molecule has 1 N–H and O–H groups in total. The predicted octanol–water partition coefficient (Wildman–Crippen LogP) is 5.12. The Balaban J connectivity index is 1.36. The summed E-state index contributed by atoms with van der Waals surface area (Å²) in [5.41, 5.74) is 2.42. The number of hydrogen-bond acceptors (Lipinski definition) is 4. The van der Waals surface area contributed by atoms with Gasteiger partial charge in [0.25, 0.3) is 0 Å². The van der Waals surface area contributed by atoms with E-state index in [4.69, 9.17) is 16.6 Å². The minimum absolute atomic E-state index is 0.256. The molecule has 162 valence electrons. The number of amides is 1. The van der Waals surface area contributed by atoms with Crippen molar-refractivity contribution in [3.63, 3.8) is 0 Å². The van der Waals surface area contributed by atoms with Crippen molar-refractivity contribution in [1.82, 2.24) is 19.5 Å². The van der Waals surface area contributed by atoms with E-state index < -0.39 is 0 Å². The third kappa shape index (κ3) is 4.17. The van der Waals surface area contributed by atoms with Crippen molar-refractivity contribution >= 4 is 44.9 Å². The molecule has 3 heterocycles. The maximum atomic E-state index is 12.7. The van der Waals surface area contributed by atoms with Crippen molar-refractivity contribution in [2.24, 2.45) is 17.8 Å². The summed E-state index contributed by atoms with van der Waals surface area (Å²) in [5, 5.41) is 8.70. The van der Waals surface area contributed by atoms with Crippen molar-refractivity contribution in [3.8, 4) is 11.3 Å². The van der Waals surface area contributed by atoms with Crippen LogP contribution in [0.3, 0.4) is 0 Å². The van der Waals surface area contributed by atoms with Gasteiger partial charge in [-0.3, -0.25) is 4.79 Å². The fourth-order valence-corrected chi connectivity index (χ4v) is 5.03. The SMILES string of the molecule is C[C@@H]1C[C@H]1C(=O)N1CCCC(CNc2cc(-c3ccccc3Cl)nc3c(Br)cnn23)C1. The molecule has 0 radical (unpaired) electrons. The first kappa shape index (κ1) is 20.8. The average molecular weight is 503 g/mol. The number of carbonyl (C=O) groups excluding carboxylic acids is 1. The number of rotatable bonds is 5. The summed E-state index contributed by atoms with van der Waals surface area (Å²) in [7, 11) is 0. The number of anilines is 1. The van der Waals surface area contributed by atoms with Crippen LogP contribution in [0.2, 0.25) is 5.02 Å². The van der Waals surface area contributed by atoms with E-state index in [1.807, 2.05) is 34.8 Å². The van der Waals surface area contributed by atoms with Crippen LogP contribution in [0.5, 0.6) is 0 Å². The number of benzene rings is 1. The number of carbonyl (C=O) groups is 1. The summed E-state index contributed by atoms with van der Waals surface area (Å²) in [4.78, 5) is 19.5. The van der Waals surface area contributed by atoms with Crippen molar-refractivity contribution in [2.75, 3.05) is 25.0 Å². The van der Waals surface area contributed by atoms with Gasteiger partial charge in [0.1, 0.15) is 5.82 Å².